The molecule has 0 aliphatic carbocycles. The summed E-state index contributed by atoms with van der Waals surface area (Å²) in [6, 6.07) is 27.0. The van der Waals surface area contributed by atoms with Crippen molar-refractivity contribution in [2.24, 2.45) is 0 Å². The van der Waals surface area contributed by atoms with Crippen molar-refractivity contribution in [1.29, 1.82) is 0 Å². The Labute approximate surface area is 360 Å². The summed E-state index contributed by atoms with van der Waals surface area (Å²) in [7, 11) is 6.91. The number of hydrogen-bond donors (Lipinski definition) is 0. The molecule has 0 fully saturated rings. The summed E-state index contributed by atoms with van der Waals surface area (Å²) in [5.74, 6) is 2.03. The van der Waals surface area contributed by atoms with Gasteiger partial charge in [0.25, 0.3) is 11.4 Å². The average Bonchev–Trinajstić information content (AvgIpc) is 3.55. The van der Waals surface area contributed by atoms with Gasteiger partial charge in [0.2, 0.25) is 5.72 Å². The maximum absolute atomic E-state index is 11.9. The van der Waals surface area contributed by atoms with Crippen LogP contribution in [0.4, 0.5) is 28.4 Å². The van der Waals surface area contributed by atoms with Crippen LogP contribution in [0.5, 0.6) is 23.0 Å². The van der Waals surface area contributed by atoms with E-state index >= 15 is 0 Å². The largest absolute Gasteiger partial charge is 0.496 e. The molecule has 13 nitrogen and oxygen atoms in total. The number of rotatable bonds is 9. The molecule has 62 heavy (non-hydrogen) atoms. The molecule has 0 bridgehead atoms. The Morgan fingerprint density at radius 1 is 0.645 bits per heavy atom. The lowest BCUT2D eigenvalue weighted by Gasteiger charge is -2.54. The highest BCUT2D eigenvalue weighted by molar-refractivity contribution is 5.84. The quantitative estimate of drug-likeness (QED) is 0.104. The number of nitro groups is 2. The van der Waals surface area contributed by atoms with E-state index in [0.29, 0.717) is 35.9 Å². The predicted octanol–water partition coefficient (Wildman–Crippen LogP) is 10.1. The van der Waals surface area contributed by atoms with Crippen molar-refractivity contribution in [2.45, 2.75) is 69.9 Å². The highest BCUT2D eigenvalue weighted by Crippen LogP contribution is 2.59. The molecule has 0 amide bonds. The Bertz CT molecular complexity index is 2780. The number of para-hydroxylation sites is 2. The van der Waals surface area contributed by atoms with Crippen molar-refractivity contribution >= 4 is 40.6 Å². The van der Waals surface area contributed by atoms with E-state index in [4.69, 9.17) is 18.9 Å². The van der Waals surface area contributed by atoms with Crippen LogP contribution in [0.2, 0.25) is 0 Å². The number of benzene rings is 5. The molecule has 4 aliphatic heterocycles. The Hall–Kier alpha value is -7.02. The van der Waals surface area contributed by atoms with E-state index in [2.05, 4.69) is 98.0 Å². The fraction of sp³-hybridized carbons (Fsp3) is 0.306. The molecule has 2 spiro atoms. The van der Waals surface area contributed by atoms with Crippen molar-refractivity contribution in [3.63, 3.8) is 0 Å². The first-order chi connectivity index (χ1) is 29.5. The van der Waals surface area contributed by atoms with Crippen LogP contribution in [-0.4, -0.2) is 49.6 Å². The molecule has 4 aliphatic rings. The molecule has 0 aromatic heterocycles. The van der Waals surface area contributed by atoms with Crippen LogP contribution in [0.15, 0.2) is 97.1 Å². The normalized spacial score (nSPS) is 20.7. The van der Waals surface area contributed by atoms with Crippen LogP contribution in [0, 0.1) is 27.2 Å². The second-order valence-electron chi connectivity index (χ2n) is 17.5. The third-order valence-corrected chi connectivity index (χ3v) is 13.8. The van der Waals surface area contributed by atoms with E-state index < -0.39 is 27.1 Å². The fourth-order valence-corrected chi connectivity index (χ4v) is 10.8. The monoisotopic (exact) mass is 835 g/mol. The number of fused-ring (bicyclic) bond motifs is 4. The summed E-state index contributed by atoms with van der Waals surface area (Å²) in [6.07, 6.45) is 8.10. The minimum Gasteiger partial charge on any atom is -0.496 e. The number of anilines is 3. The van der Waals surface area contributed by atoms with Crippen LogP contribution in [0.3, 0.4) is 0 Å². The molecular formula is C49H49N5O8. The smallest absolute Gasteiger partial charge is 0.274 e. The first kappa shape index (κ1) is 40.4. The summed E-state index contributed by atoms with van der Waals surface area (Å²) < 4.78 is 25.3. The van der Waals surface area contributed by atoms with E-state index in [9.17, 15) is 20.2 Å². The van der Waals surface area contributed by atoms with Gasteiger partial charge < -0.3 is 33.6 Å². The Morgan fingerprint density at radius 2 is 1.16 bits per heavy atom. The SMILES string of the molecule is COc1cc(CN2c3ccccc3C(C)(C)C23C=Cc2cc([N+](=O)[O-])cc(C)c2N3C)c(OC)cc1CN1c2ccccc2C(C)(C)C12C=Cc1cc([N+](=O)[O-])cc(OC)c1O2. The molecule has 0 saturated heterocycles. The van der Waals surface area contributed by atoms with Gasteiger partial charge in [0.1, 0.15) is 17.2 Å². The number of likely N-dealkylation sites (N-methyl/N-ethyl adjacent to an activating group) is 1. The van der Waals surface area contributed by atoms with E-state index in [-0.39, 0.29) is 22.0 Å². The van der Waals surface area contributed by atoms with Gasteiger partial charge >= 0.3 is 0 Å². The number of methoxy groups -OCH3 is 3. The number of nitro benzene ring substituents is 2. The van der Waals surface area contributed by atoms with E-state index in [1.165, 1.54) is 24.8 Å². The second-order valence-corrected chi connectivity index (χ2v) is 17.5. The van der Waals surface area contributed by atoms with Gasteiger partial charge in [-0.1, -0.05) is 56.3 Å². The molecule has 5 aromatic carbocycles. The number of non-ortho nitro benzene ring substituents is 2. The lowest BCUT2D eigenvalue weighted by atomic mass is 9.72. The number of ether oxygens (including phenoxy) is 4. The number of aryl methyl sites for hydroxylation is 1. The van der Waals surface area contributed by atoms with Gasteiger partial charge in [-0.25, -0.2) is 0 Å². The zero-order valence-electron chi connectivity index (χ0n) is 36.3. The Kier molecular flexibility index (Phi) is 9.13. The predicted molar refractivity (Wildman–Crippen MR) is 241 cm³/mol. The van der Waals surface area contributed by atoms with Crippen molar-refractivity contribution in [2.75, 3.05) is 43.1 Å². The van der Waals surface area contributed by atoms with E-state index in [1.807, 2.05) is 43.4 Å². The van der Waals surface area contributed by atoms with Crippen molar-refractivity contribution in [1.82, 2.24) is 0 Å². The molecule has 0 radical (unpaired) electrons. The van der Waals surface area contributed by atoms with Crippen LogP contribution in [0.25, 0.3) is 12.2 Å². The van der Waals surface area contributed by atoms with Crippen LogP contribution < -0.4 is 33.6 Å². The highest BCUT2D eigenvalue weighted by atomic mass is 16.6. The minimum absolute atomic E-state index is 0.0618. The lowest BCUT2D eigenvalue weighted by molar-refractivity contribution is -0.385. The molecule has 0 saturated carbocycles. The standard InChI is InChI=1S/C49H49N5O8/c1-30-22-35(53(55)56)23-31-18-20-48(50(6)44(30)31)46(2,3)37-14-10-12-16-39(37)51(48)28-33-25-42(60-8)34(26-41(33)59-7)29-52-40-17-13-11-15-38(40)47(4,5)49(52)21-19-32-24-36(54(57)58)27-43(61-9)45(32)62-49/h10-27H,28-29H2,1-9H3. The van der Waals surface area contributed by atoms with Gasteiger partial charge in [-0.05, 0) is 80.0 Å². The summed E-state index contributed by atoms with van der Waals surface area (Å²) in [5, 5.41) is 23.7. The lowest BCUT2D eigenvalue weighted by Crippen LogP contribution is -2.65. The van der Waals surface area contributed by atoms with Crippen LogP contribution >= 0.6 is 0 Å². The molecule has 0 N–H and O–H groups in total. The zero-order valence-corrected chi connectivity index (χ0v) is 36.3. The first-order valence-corrected chi connectivity index (χ1v) is 20.5. The van der Waals surface area contributed by atoms with Gasteiger partial charge in [0, 0.05) is 76.5 Å². The van der Waals surface area contributed by atoms with Crippen molar-refractivity contribution < 1.29 is 28.8 Å². The van der Waals surface area contributed by atoms with Gasteiger partial charge in [-0.2, -0.15) is 0 Å². The fourth-order valence-electron chi connectivity index (χ4n) is 10.8. The molecule has 318 valence electrons. The number of hydrogen-bond acceptors (Lipinski definition) is 11. The van der Waals surface area contributed by atoms with Gasteiger partial charge in [-0.3, -0.25) is 20.2 Å². The highest BCUT2D eigenvalue weighted by Gasteiger charge is 2.61. The van der Waals surface area contributed by atoms with Gasteiger partial charge in [0.15, 0.2) is 11.5 Å². The summed E-state index contributed by atoms with van der Waals surface area (Å²) in [5.41, 5.74) is 6.30. The molecule has 13 heteroatoms. The van der Waals surface area contributed by atoms with Crippen molar-refractivity contribution in [3.8, 4) is 23.0 Å². The van der Waals surface area contributed by atoms with E-state index in [0.717, 1.165) is 44.9 Å². The summed E-state index contributed by atoms with van der Waals surface area (Å²) >= 11 is 0. The zero-order chi connectivity index (χ0) is 44.1. The maximum atomic E-state index is 11.9. The third kappa shape index (κ3) is 5.46. The van der Waals surface area contributed by atoms with Crippen LogP contribution in [-0.2, 0) is 23.9 Å². The Morgan fingerprint density at radius 3 is 1.76 bits per heavy atom. The minimum atomic E-state index is -1.08. The summed E-state index contributed by atoms with van der Waals surface area (Å²) in [6.45, 7) is 11.5. The van der Waals surface area contributed by atoms with E-state index in [1.54, 1.807) is 26.4 Å². The molecule has 2 atom stereocenters. The average molecular weight is 836 g/mol. The molecule has 5 aromatic rings. The maximum Gasteiger partial charge on any atom is 0.274 e. The van der Waals surface area contributed by atoms with Gasteiger partial charge in [0.05, 0.1) is 49.2 Å². The van der Waals surface area contributed by atoms with Crippen molar-refractivity contribution in [3.05, 3.63) is 156 Å². The molecular weight excluding hydrogens is 787 g/mol. The molecule has 9 rings (SSSR count). The van der Waals surface area contributed by atoms with Gasteiger partial charge in [-0.15, -0.1) is 0 Å². The summed E-state index contributed by atoms with van der Waals surface area (Å²) in [4.78, 5) is 29.8. The number of nitrogens with zero attached hydrogens (tertiary/aromatic N) is 5. The van der Waals surface area contributed by atoms with Crippen LogP contribution in [0.1, 0.15) is 66.6 Å². The molecule has 2 unspecified atom stereocenters. The first-order valence-electron chi connectivity index (χ1n) is 20.5. The molecule has 4 heterocycles. The topological polar surface area (TPSA) is 133 Å². The second kappa shape index (κ2) is 14.0. The third-order valence-electron chi connectivity index (χ3n) is 13.8. The Balaban J connectivity index is 1.14.